The van der Waals surface area contributed by atoms with Crippen molar-refractivity contribution in [2.75, 3.05) is 7.11 Å². The Labute approximate surface area is 167 Å². The zero-order valence-electron chi connectivity index (χ0n) is 15.4. The van der Waals surface area contributed by atoms with Gasteiger partial charge in [0.25, 0.3) is 0 Å². The third-order valence-electron chi connectivity index (χ3n) is 4.38. The summed E-state index contributed by atoms with van der Waals surface area (Å²) in [7, 11) is -2.55. The quantitative estimate of drug-likeness (QED) is 0.460. The lowest BCUT2D eigenvalue weighted by Gasteiger charge is -2.09. The summed E-state index contributed by atoms with van der Waals surface area (Å²) >= 11 is 0. The topological polar surface area (TPSA) is 82.8 Å². The minimum atomic E-state index is -4.04. The summed E-state index contributed by atoms with van der Waals surface area (Å²) in [6.07, 6.45) is 1.36. The summed E-state index contributed by atoms with van der Waals surface area (Å²) in [4.78, 5) is 12.8. The van der Waals surface area contributed by atoms with Crippen LogP contribution in [0.3, 0.4) is 0 Å². The first kappa shape index (κ1) is 18.8. The van der Waals surface area contributed by atoms with Gasteiger partial charge in [0.2, 0.25) is 0 Å². The molecule has 0 N–H and O–H groups in total. The predicted molar refractivity (Wildman–Crippen MR) is 109 cm³/mol. The number of benzene rings is 3. The number of hydrogen-bond acceptors (Lipinski definition) is 6. The predicted octanol–water partition coefficient (Wildman–Crippen LogP) is 4.24. The summed E-state index contributed by atoms with van der Waals surface area (Å²) in [5, 5.41) is 0.334. The molecule has 0 aliphatic heterocycles. The third kappa shape index (κ3) is 3.72. The van der Waals surface area contributed by atoms with E-state index in [1.807, 2.05) is 30.3 Å². The average molecular weight is 408 g/mol. The van der Waals surface area contributed by atoms with Crippen LogP contribution in [0.5, 0.6) is 11.5 Å². The van der Waals surface area contributed by atoms with Crippen molar-refractivity contribution >= 4 is 21.1 Å². The highest BCUT2D eigenvalue weighted by molar-refractivity contribution is 7.87. The van der Waals surface area contributed by atoms with Gasteiger partial charge in [-0.1, -0.05) is 30.3 Å². The van der Waals surface area contributed by atoms with Gasteiger partial charge in [-0.2, -0.15) is 8.42 Å². The Bertz CT molecular complexity index is 1320. The van der Waals surface area contributed by atoms with E-state index < -0.39 is 10.1 Å². The van der Waals surface area contributed by atoms with E-state index in [0.717, 1.165) is 5.56 Å². The molecule has 0 radical (unpaired) electrons. The second-order valence-electron chi connectivity index (χ2n) is 6.22. The van der Waals surface area contributed by atoms with Crippen molar-refractivity contribution in [3.8, 4) is 22.6 Å². The largest absolute Gasteiger partial charge is 0.497 e. The fourth-order valence-electron chi connectivity index (χ4n) is 2.89. The Morgan fingerprint density at radius 2 is 1.55 bits per heavy atom. The monoisotopic (exact) mass is 408 g/mol. The molecule has 3 aromatic carbocycles. The fourth-order valence-corrected chi connectivity index (χ4v) is 3.82. The molecule has 1 heterocycles. The maximum Gasteiger partial charge on any atom is 0.339 e. The summed E-state index contributed by atoms with van der Waals surface area (Å²) in [6, 6.07) is 19.3. The minimum Gasteiger partial charge on any atom is -0.497 e. The molecule has 0 fully saturated rings. The number of rotatable bonds is 5. The third-order valence-corrected chi connectivity index (χ3v) is 5.65. The smallest absolute Gasteiger partial charge is 0.339 e. The van der Waals surface area contributed by atoms with E-state index in [9.17, 15) is 13.2 Å². The van der Waals surface area contributed by atoms with E-state index in [-0.39, 0.29) is 21.7 Å². The Balaban J connectivity index is 1.68. The Morgan fingerprint density at radius 3 is 2.24 bits per heavy atom. The standard InChI is InChI=1S/C22H16O6S/c1-26-16-7-10-18(11-8-16)29(24,25)28-17-9-12-19-21(13-17)27-14-20(22(19)23)15-5-3-2-4-6-15/h2-14H,1H3. The average Bonchev–Trinajstić information content (AvgIpc) is 2.74. The maximum absolute atomic E-state index is 12.8. The second kappa shape index (κ2) is 7.44. The lowest BCUT2D eigenvalue weighted by atomic mass is 10.1. The van der Waals surface area contributed by atoms with Crippen molar-refractivity contribution < 1.29 is 21.8 Å². The molecule has 4 aromatic rings. The van der Waals surface area contributed by atoms with E-state index >= 15 is 0 Å². The van der Waals surface area contributed by atoms with Crippen LogP contribution in [0.1, 0.15) is 0 Å². The summed E-state index contributed by atoms with van der Waals surface area (Å²) < 4.78 is 40.8. The van der Waals surface area contributed by atoms with Gasteiger partial charge in [-0.25, -0.2) is 0 Å². The van der Waals surface area contributed by atoms with Gasteiger partial charge in [0.15, 0.2) is 5.43 Å². The van der Waals surface area contributed by atoms with Crippen molar-refractivity contribution in [2.45, 2.75) is 4.90 Å². The molecule has 0 aliphatic carbocycles. The normalized spacial score (nSPS) is 11.3. The molecule has 0 unspecified atom stereocenters. The molecule has 0 bridgehead atoms. The Morgan fingerprint density at radius 1 is 0.862 bits per heavy atom. The van der Waals surface area contributed by atoms with Gasteiger partial charge in [-0.15, -0.1) is 0 Å². The van der Waals surface area contributed by atoms with Gasteiger partial charge in [0, 0.05) is 6.07 Å². The molecule has 146 valence electrons. The lowest BCUT2D eigenvalue weighted by Crippen LogP contribution is -2.10. The van der Waals surface area contributed by atoms with Crippen LogP contribution >= 0.6 is 0 Å². The van der Waals surface area contributed by atoms with E-state index in [4.69, 9.17) is 13.3 Å². The molecule has 6 nitrogen and oxygen atoms in total. The Hall–Kier alpha value is -3.58. The van der Waals surface area contributed by atoms with Gasteiger partial charge >= 0.3 is 10.1 Å². The van der Waals surface area contributed by atoms with E-state index in [0.29, 0.717) is 16.7 Å². The molecule has 4 rings (SSSR count). The summed E-state index contributed by atoms with van der Waals surface area (Å²) in [6.45, 7) is 0. The van der Waals surface area contributed by atoms with Crippen molar-refractivity contribution in [2.24, 2.45) is 0 Å². The van der Waals surface area contributed by atoms with Crippen LogP contribution in [0.15, 0.2) is 93.2 Å². The molecule has 29 heavy (non-hydrogen) atoms. The molecule has 7 heteroatoms. The number of ether oxygens (including phenoxy) is 1. The van der Waals surface area contributed by atoms with E-state index in [1.165, 1.54) is 55.8 Å². The zero-order valence-corrected chi connectivity index (χ0v) is 16.2. The van der Waals surface area contributed by atoms with Gasteiger partial charge in [-0.05, 0) is 42.0 Å². The van der Waals surface area contributed by atoms with Gasteiger partial charge in [0.05, 0.1) is 18.1 Å². The highest BCUT2D eigenvalue weighted by Crippen LogP contribution is 2.26. The molecular weight excluding hydrogens is 392 g/mol. The van der Waals surface area contributed by atoms with Gasteiger partial charge in [-0.3, -0.25) is 4.79 Å². The SMILES string of the molecule is COc1ccc(S(=O)(=O)Oc2ccc3c(=O)c(-c4ccccc4)coc3c2)cc1. The van der Waals surface area contributed by atoms with Crippen LogP contribution in [0.25, 0.3) is 22.1 Å². The van der Waals surface area contributed by atoms with Crippen LogP contribution in [0.2, 0.25) is 0 Å². The molecule has 0 saturated carbocycles. The number of fused-ring (bicyclic) bond motifs is 1. The molecule has 0 spiro atoms. The molecule has 0 atom stereocenters. The lowest BCUT2D eigenvalue weighted by molar-refractivity contribution is 0.414. The van der Waals surface area contributed by atoms with E-state index in [1.54, 1.807) is 0 Å². The fraction of sp³-hybridized carbons (Fsp3) is 0.0455. The molecule has 0 aliphatic rings. The number of hydrogen-bond donors (Lipinski definition) is 0. The molecule has 0 amide bonds. The van der Waals surface area contributed by atoms with Gasteiger partial charge in [0.1, 0.15) is 28.2 Å². The first-order valence-corrected chi connectivity index (χ1v) is 10.1. The van der Waals surface area contributed by atoms with E-state index in [2.05, 4.69) is 0 Å². The summed E-state index contributed by atoms with van der Waals surface area (Å²) in [5.41, 5.74) is 1.20. The summed E-state index contributed by atoms with van der Waals surface area (Å²) in [5.74, 6) is 0.578. The molecule has 0 saturated heterocycles. The van der Waals surface area contributed by atoms with Crippen molar-refractivity contribution in [1.82, 2.24) is 0 Å². The van der Waals surface area contributed by atoms with Crippen LogP contribution < -0.4 is 14.3 Å². The van der Waals surface area contributed by atoms with Crippen LogP contribution in [0, 0.1) is 0 Å². The van der Waals surface area contributed by atoms with Crippen LogP contribution in [0.4, 0.5) is 0 Å². The Kier molecular flexibility index (Phi) is 4.82. The second-order valence-corrected chi connectivity index (χ2v) is 7.76. The van der Waals surface area contributed by atoms with Gasteiger partial charge < -0.3 is 13.3 Å². The molecule has 1 aromatic heterocycles. The van der Waals surface area contributed by atoms with Crippen LogP contribution in [-0.2, 0) is 10.1 Å². The highest BCUT2D eigenvalue weighted by Gasteiger charge is 2.18. The minimum absolute atomic E-state index is 0.0146. The van der Waals surface area contributed by atoms with Crippen molar-refractivity contribution in [3.05, 3.63) is 89.3 Å². The first-order chi connectivity index (χ1) is 14.0. The highest BCUT2D eigenvalue weighted by atomic mass is 32.2. The maximum atomic E-state index is 12.8. The van der Waals surface area contributed by atoms with Crippen LogP contribution in [-0.4, -0.2) is 15.5 Å². The first-order valence-electron chi connectivity index (χ1n) is 8.67. The van der Waals surface area contributed by atoms with Crippen molar-refractivity contribution in [3.63, 3.8) is 0 Å². The number of methoxy groups -OCH3 is 1. The van der Waals surface area contributed by atoms with Crippen molar-refractivity contribution in [1.29, 1.82) is 0 Å². The zero-order chi connectivity index (χ0) is 20.4. The molecular formula is C22H16O6S.